The van der Waals surface area contributed by atoms with Gasteiger partial charge in [-0.05, 0) is 23.8 Å². The first kappa shape index (κ1) is 11.9. The fourth-order valence-corrected chi connectivity index (χ4v) is 1.98. The van der Waals surface area contributed by atoms with E-state index in [9.17, 15) is 8.78 Å². The molecule has 0 amide bonds. The van der Waals surface area contributed by atoms with Crippen LogP contribution in [0.2, 0.25) is 0 Å². The fraction of sp³-hybridized carbons (Fsp3) is 0.0833. The van der Waals surface area contributed by atoms with Crippen molar-refractivity contribution in [1.82, 2.24) is 4.98 Å². The van der Waals surface area contributed by atoms with Gasteiger partial charge in [-0.15, -0.1) is 0 Å². The van der Waals surface area contributed by atoms with E-state index in [1.165, 1.54) is 0 Å². The Morgan fingerprint density at radius 2 is 1.82 bits per heavy atom. The molecule has 1 aromatic carbocycles. The average molecular weight is 252 g/mol. The number of nitrogens with two attached hydrogens (primary N) is 1. The number of nitrogen functional groups attached to an aromatic ring is 1. The monoisotopic (exact) mass is 252 g/mol. The van der Waals surface area contributed by atoms with Crippen LogP contribution in [-0.2, 0) is 0 Å². The van der Waals surface area contributed by atoms with Crippen LogP contribution < -0.4 is 5.73 Å². The van der Waals surface area contributed by atoms with Gasteiger partial charge in [0.2, 0.25) is 0 Å². The van der Waals surface area contributed by atoms with Crippen LogP contribution in [0.25, 0.3) is 11.1 Å². The topological polar surface area (TPSA) is 38.9 Å². The van der Waals surface area contributed by atoms with Crippen LogP contribution in [0.5, 0.6) is 0 Å². The maximum absolute atomic E-state index is 12.1. The fourth-order valence-electron chi connectivity index (χ4n) is 1.49. The highest BCUT2D eigenvalue weighted by atomic mass is 32.2. The molecule has 5 heteroatoms. The van der Waals surface area contributed by atoms with Crippen LogP contribution in [0.3, 0.4) is 0 Å². The minimum absolute atomic E-state index is 0.530. The lowest BCUT2D eigenvalue weighted by Gasteiger charge is -2.06. The number of nitrogens with zero attached hydrogens (tertiary/aromatic N) is 1. The molecule has 1 aromatic heterocycles. The Morgan fingerprint density at radius 1 is 1.12 bits per heavy atom. The zero-order chi connectivity index (χ0) is 12.3. The van der Waals surface area contributed by atoms with Gasteiger partial charge in [0, 0.05) is 16.7 Å². The molecule has 2 aromatic rings. The van der Waals surface area contributed by atoms with Crippen LogP contribution >= 0.6 is 11.8 Å². The standard InChI is InChI=1S/C12H10F2N2S/c13-12(14)17-9-3-1-8(2-4-9)10-5-6-16-7-11(10)15/h1-7,12H,15H2. The second kappa shape index (κ2) is 5.14. The Balaban J connectivity index is 2.27. The van der Waals surface area contributed by atoms with Crippen molar-refractivity contribution < 1.29 is 8.78 Å². The molecule has 88 valence electrons. The number of hydrogen-bond donors (Lipinski definition) is 1. The minimum Gasteiger partial charge on any atom is -0.397 e. The summed E-state index contributed by atoms with van der Waals surface area (Å²) in [5.74, 6) is -2.40. The first-order chi connectivity index (χ1) is 8.16. The van der Waals surface area contributed by atoms with Crippen molar-refractivity contribution in [3.8, 4) is 11.1 Å². The van der Waals surface area contributed by atoms with Crippen molar-refractivity contribution >= 4 is 17.4 Å². The third-order valence-electron chi connectivity index (χ3n) is 2.24. The van der Waals surface area contributed by atoms with Crippen molar-refractivity contribution in [3.05, 3.63) is 42.7 Å². The number of pyridine rings is 1. The lowest BCUT2D eigenvalue weighted by Crippen LogP contribution is -1.90. The van der Waals surface area contributed by atoms with Crippen molar-refractivity contribution in [2.24, 2.45) is 0 Å². The Morgan fingerprint density at radius 3 is 2.41 bits per heavy atom. The molecular formula is C12H10F2N2S. The zero-order valence-electron chi connectivity index (χ0n) is 8.81. The van der Waals surface area contributed by atoms with Gasteiger partial charge in [0.05, 0.1) is 11.9 Å². The van der Waals surface area contributed by atoms with Gasteiger partial charge in [-0.1, -0.05) is 23.9 Å². The van der Waals surface area contributed by atoms with E-state index in [-0.39, 0.29) is 0 Å². The van der Waals surface area contributed by atoms with E-state index in [0.717, 1.165) is 11.1 Å². The largest absolute Gasteiger partial charge is 0.397 e. The molecule has 0 bridgehead atoms. The number of alkyl halides is 2. The summed E-state index contributed by atoms with van der Waals surface area (Å²) in [7, 11) is 0. The predicted octanol–water partition coefficient (Wildman–Crippen LogP) is 3.65. The number of benzene rings is 1. The van der Waals surface area contributed by atoms with Crippen molar-refractivity contribution in [3.63, 3.8) is 0 Å². The van der Waals surface area contributed by atoms with Gasteiger partial charge in [0.15, 0.2) is 0 Å². The van der Waals surface area contributed by atoms with Gasteiger partial charge in [0.1, 0.15) is 0 Å². The summed E-state index contributed by atoms with van der Waals surface area (Å²) in [6.07, 6.45) is 3.21. The van der Waals surface area contributed by atoms with Crippen LogP contribution in [-0.4, -0.2) is 10.7 Å². The van der Waals surface area contributed by atoms with E-state index >= 15 is 0 Å². The predicted molar refractivity (Wildman–Crippen MR) is 65.9 cm³/mol. The summed E-state index contributed by atoms with van der Waals surface area (Å²) in [4.78, 5) is 4.44. The highest BCUT2D eigenvalue weighted by Crippen LogP contribution is 2.29. The Hall–Kier alpha value is -1.62. The van der Waals surface area contributed by atoms with E-state index in [1.807, 2.05) is 0 Å². The van der Waals surface area contributed by atoms with E-state index in [4.69, 9.17) is 5.73 Å². The molecule has 0 spiro atoms. The maximum atomic E-state index is 12.1. The SMILES string of the molecule is Nc1cnccc1-c1ccc(SC(F)F)cc1. The number of rotatable bonds is 3. The molecule has 1 heterocycles. The lowest BCUT2D eigenvalue weighted by atomic mass is 10.1. The second-order valence-electron chi connectivity index (χ2n) is 3.37. The highest BCUT2D eigenvalue weighted by Gasteiger charge is 2.06. The van der Waals surface area contributed by atoms with Gasteiger partial charge < -0.3 is 5.73 Å². The first-order valence-electron chi connectivity index (χ1n) is 4.91. The summed E-state index contributed by atoms with van der Waals surface area (Å²) < 4.78 is 24.3. The van der Waals surface area contributed by atoms with E-state index < -0.39 is 5.76 Å². The quantitative estimate of drug-likeness (QED) is 0.847. The smallest absolute Gasteiger partial charge is 0.288 e. The van der Waals surface area contributed by atoms with Crippen molar-refractivity contribution in [2.75, 3.05) is 5.73 Å². The van der Waals surface area contributed by atoms with Crippen LogP contribution in [0.4, 0.5) is 14.5 Å². The second-order valence-corrected chi connectivity index (χ2v) is 4.43. The number of hydrogen-bond acceptors (Lipinski definition) is 3. The van der Waals surface area contributed by atoms with E-state index in [1.54, 1.807) is 42.7 Å². The third kappa shape index (κ3) is 2.94. The molecule has 17 heavy (non-hydrogen) atoms. The molecular weight excluding hydrogens is 242 g/mol. The Kier molecular flexibility index (Phi) is 3.58. The van der Waals surface area contributed by atoms with E-state index in [2.05, 4.69) is 4.98 Å². The molecule has 2 rings (SSSR count). The summed E-state index contributed by atoms with van der Waals surface area (Å²) in [5, 5.41) is 0. The normalized spacial score (nSPS) is 10.8. The van der Waals surface area contributed by atoms with Crippen LogP contribution in [0.15, 0.2) is 47.6 Å². The number of thioether (sulfide) groups is 1. The van der Waals surface area contributed by atoms with Crippen LogP contribution in [0, 0.1) is 0 Å². The lowest BCUT2D eigenvalue weighted by molar-refractivity contribution is 0.252. The molecule has 0 radical (unpaired) electrons. The molecule has 2 N–H and O–H groups in total. The minimum atomic E-state index is -2.40. The Labute approximate surface area is 102 Å². The number of halogens is 2. The number of anilines is 1. The number of aromatic nitrogens is 1. The molecule has 0 aliphatic rings. The average Bonchev–Trinajstić information content (AvgIpc) is 2.30. The van der Waals surface area contributed by atoms with Gasteiger partial charge >= 0.3 is 0 Å². The van der Waals surface area contributed by atoms with Crippen molar-refractivity contribution in [2.45, 2.75) is 10.7 Å². The molecule has 2 nitrogen and oxygen atoms in total. The van der Waals surface area contributed by atoms with Gasteiger partial charge in [-0.2, -0.15) is 8.78 Å². The summed E-state index contributed by atoms with van der Waals surface area (Å²) in [6, 6.07) is 8.66. The molecule has 0 saturated carbocycles. The van der Waals surface area contributed by atoms with Gasteiger partial charge in [-0.25, -0.2) is 0 Å². The van der Waals surface area contributed by atoms with Crippen molar-refractivity contribution in [1.29, 1.82) is 0 Å². The zero-order valence-corrected chi connectivity index (χ0v) is 9.62. The molecule has 0 aliphatic heterocycles. The molecule has 0 aliphatic carbocycles. The Bertz CT molecular complexity index is 500. The molecule has 0 unspecified atom stereocenters. The first-order valence-corrected chi connectivity index (χ1v) is 5.79. The highest BCUT2D eigenvalue weighted by molar-refractivity contribution is 7.99. The summed E-state index contributed by atoms with van der Waals surface area (Å²) in [6.45, 7) is 0. The van der Waals surface area contributed by atoms with E-state index in [0.29, 0.717) is 22.3 Å². The molecule has 0 saturated heterocycles. The maximum Gasteiger partial charge on any atom is 0.288 e. The third-order valence-corrected chi connectivity index (χ3v) is 2.96. The van der Waals surface area contributed by atoms with Gasteiger partial charge in [0.25, 0.3) is 5.76 Å². The molecule has 0 fully saturated rings. The summed E-state index contributed by atoms with van der Waals surface area (Å²) in [5.41, 5.74) is 8.10. The van der Waals surface area contributed by atoms with Gasteiger partial charge in [-0.3, -0.25) is 4.98 Å². The van der Waals surface area contributed by atoms with Crippen LogP contribution in [0.1, 0.15) is 0 Å². The summed E-state index contributed by atoms with van der Waals surface area (Å²) >= 11 is 0.530. The molecule has 0 atom stereocenters.